The number of nitrogens with zero attached hydrogens (tertiary/aromatic N) is 3. The highest BCUT2D eigenvalue weighted by Crippen LogP contribution is 2.28. The first-order valence-corrected chi connectivity index (χ1v) is 9.53. The highest BCUT2D eigenvalue weighted by atomic mass is 16.5. The number of anilines is 2. The lowest BCUT2D eigenvalue weighted by Crippen LogP contribution is -2.25. The minimum atomic E-state index is -0.479. The summed E-state index contributed by atoms with van der Waals surface area (Å²) in [5.74, 6) is -0.315. The summed E-state index contributed by atoms with van der Waals surface area (Å²) >= 11 is 0. The van der Waals surface area contributed by atoms with Crippen LogP contribution in [0.5, 0.6) is 0 Å². The van der Waals surface area contributed by atoms with Crippen LogP contribution in [-0.2, 0) is 4.74 Å². The number of hydrogen-bond acceptors (Lipinski definition) is 6. The average Bonchev–Trinajstić information content (AvgIpc) is 3.19. The van der Waals surface area contributed by atoms with Crippen molar-refractivity contribution in [2.45, 2.75) is 6.92 Å². The number of ether oxygens (including phenoxy) is 1. The summed E-state index contributed by atoms with van der Waals surface area (Å²) in [6.45, 7) is 1.77. The molecule has 0 aliphatic rings. The molecule has 0 saturated carbocycles. The summed E-state index contributed by atoms with van der Waals surface area (Å²) in [6, 6.07) is 18.1. The van der Waals surface area contributed by atoms with Gasteiger partial charge in [-0.2, -0.15) is 0 Å². The Balaban J connectivity index is 1.66. The Hall–Kier alpha value is -4.20. The zero-order valence-corrected chi connectivity index (χ0v) is 17.2. The number of hydrogen-bond donors (Lipinski definition) is 1. The fourth-order valence-electron chi connectivity index (χ4n) is 3.24. The molecule has 0 aliphatic heterocycles. The topological polar surface area (TPSA) is 97.6 Å². The number of carbonyl (C=O) groups is 2. The summed E-state index contributed by atoms with van der Waals surface area (Å²) < 4.78 is 10.0. The van der Waals surface area contributed by atoms with Crippen LogP contribution < -0.4 is 10.2 Å². The molecule has 156 valence electrons. The SMILES string of the molecule is COC(=O)N(C)c1ccc(NC(=O)c2cc(-c3ccccc3)nc3onc(C)c23)cc1. The minimum absolute atomic E-state index is 0.305. The van der Waals surface area contributed by atoms with Crippen molar-refractivity contribution in [2.24, 2.45) is 0 Å². The molecule has 8 heteroatoms. The molecule has 4 rings (SSSR count). The first-order chi connectivity index (χ1) is 15.0. The number of aryl methyl sites for hydroxylation is 1. The van der Waals surface area contributed by atoms with E-state index in [1.54, 1.807) is 44.3 Å². The molecule has 2 heterocycles. The third-order valence-electron chi connectivity index (χ3n) is 4.89. The van der Waals surface area contributed by atoms with E-state index in [4.69, 9.17) is 9.26 Å². The predicted octanol–water partition coefficient (Wildman–Crippen LogP) is 4.65. The molecule has 2 aromatic carbocycles. The molecule has 8 nitrogen and oxygen atoms in total. The maximum Gasteiger partial charge on any atom is 0.413 e. The number of fused-ring (bicyclic) bond motifs is 1. The molecule has 1 N–H and O–H groups in total. The largest absolute Gasteiger partial charge is 0.452 e. The van der Waals surface area contributed by atoms with Crippen LogP contribution in [-0.4, -0.2) is 36.3 Å². The van der Waals surface area contributed by atoms with Gasteiger partial charge in [0.05, 0.1) is 29.4 Å². The van der Waals surface area contributed by atoms with Gasteiger partial charge in [-0.3, -0.25) is 9.69 Å². The van der Waals surface area contributed by atoms with Crippen molar-refractivity contribution < 1.29 is 18.8 Å². The second kappa shape index (κ2) is 8.27. The van der Waals surface area contributed by atoms with Gasteiger partial charge in [0.25, 0.3) is 11.6 Å². The lowest BCUT2D eigenvalue weighted by Gasteiger charge is -2.16. The molecule has 0 unspecified atom stereocenters. The van der Waals surface area contributed by atoms with Crippen LogP contribution in [0.4, 0.5) is 16.2 Å². The van der Waals surface area contributed by atoms with Crippen molar-refractivity contribution in [1.29, 1.82) is 0 Å². The smallest absolute Gasteiger partial charge is 0.413 e. The number of benzene rings is 2. The number of methoxy groups -OCH3 is 1. The molecule has 31 heavy (non-hydrogen) atoms. The maximum absolute atomic E-state index is 13.1. The number of amides is 2. The summed E-state index contributed by atoms with van der Waals surface area (Å²) in [4.78, 5) is 30.7. The van der Waals surface area contributed by atoms with Crippen LogP contribution in [0.25, 0.3) is 22.4 Å². The van der Waals surface area contributed by atoms with E-state index >= 15 is 0 Å². The van der Waals surface area contributed by atoms with Crippen LogP contribution >= 0.6 is 0 Å². The Kier molecular flexibility index (Phi) is 5.36. The molecule has 0 bridgehead atoms. The average molecular weight is 416 g/mol. The quantitative estimate of drug-likeness (QED) is 0.520. The van der Waals surface area contributed by atoms with E-state index in [2.05, 4.69) is 15.5 Å². The van der Waals surface area contributed by atoms with Crippen LogP contribution in [0.1, 0.15) is 16.1 Å². The minimum Gasteiger partial charge on any atom is -0.452 e. The lowest BCUT2D eigenvalue weighted by molar-refractivity contribution is 0.102. The molecule has 0 saturated heterocycles. The summed E-state index contributed by atoms with van der Waals surface area (Å²) in [6.07, 6.45) is -0.479. The highest BCUT2D eigenvalue weighted by molar-refractivity contribution is 6.13. The van der Waals surface area contributed by atoms with E-state index in [1.165, 1.54) is 12.0 Å². The summed E-state index contributed by atoms with van der Waals surface area (Å²) in [5, 5.41) is 7.42. The zero-order chi connectivity index (χ0) is 22.0. The van der Waals surface area contributed by atoms with Crippen LogP contribution in [0, 0.1) is 6.92 Å². The van der Waals surface area contributed by atoms with E-state index in [9.17, 15) is 9.59 Å². The fraction of sp³-hybridized carbons (Fsp3) is 0.130. The van der Waals surface area contributed by atoms with E-state index in [0.29, 0.717) is 39.4 Å². The molecule has 2 amide bonds. The van der Waals surface area contributed by atoms with Crippen molar-refractivity contribution >= 4 is 34.5 Å². The Labute approximate surface area is 178 Å². The van der Waals surface area contributed by atoms with Gasteiger partial charge in [0.1, 0.15) is 0 Å². The van der Waals surface area contributed by atoms with Gasteiger partial charge in [-0.05, 0) is 37.3 Å². The zero-order valence-electron chi connectivity index (χ0n) is 17.2. The molecule has 0 atom stereocenters. The van der Waals surface area contributed by atoms with Gasteiger partial charge in [-0.1, -0.05) is 35.5 Å². The number of rotatable bonds is 4. The van der Waals surface area contributed by atoms with E-state index in [0.717, 1.165) is 5.56 Å². The van der Waals surface area contributed by atoms with Crippen LogP contribution in [0.3, 0.4) is 0 Å². The third-order valence-corrected chi connectivity index (χ3v) is 4.89. The van der Waals surface area contributed by atoms with E-state index in [1.807, 2.05) is 30.3 Å². The summed E-state index contributed by atoms with van der Waals surface area (Å²) in [7, 11) is 2.92. The molecular formula is C23H20N4O4. The first kappa shape index (κ1) is 20.1. The Morgan fingerprint density at radius 3 is 2.45 bits per heavy atom. The van der Waals surface area contributed by atoms with Crippen molar-refractivity contribution in [3.05, 3.63) is 71.9 Å². The maximum atomic E-state index is 13.1. The van der Waals surface area contributed by atoms with Crippen molar-refractivity contribution in [1.82, 2.24) is 10.1 Å². The Morgan fingerprint density at radius 1 is 1.06 bits per heavy atom. The fourth-order valence-corrected chi connectivity index (χ4v) is 3.24. The van der Waals surface area contributed by atoms with Gasteiger partial charge in [0.2, 0.25) is 0 Å². The van der Waals surface area contributed by atoms with E-state index < -0.39 is 6.09 Å². The van der Waals surface area contributed by atoms with Crippen LogP contribution in [0.2, 0.25) is 0 Å². The number of pyridine rings is 1. The standard InChI is InChI=1S/C23H20N4O4/c1-14-20-18(13-19(25-22(20)31-26-14)15-7-5-4-6-8-15)21(28)24-16-9-11-17(12-10-16)27(2)23(29)30-3/h4-13H,1-3H3,(H,24,28). The molecule has 0 radical (unpaired) electrons. The predicted molar refractivity (Wildman–Crippen MR) is 117 cm³/mol. The van der Waals surface area contributed by atoms with Gasteiger partial charge in [0.15, 0.2) is 0 Å². The van der Waals surface area contributed by atoms with Gasteiger partial charge in [-0.15, -0.1) is 0 Å². The first-order valence-electron chi connectivity index (χ1n) is 9.53. The van der Waals surface area contributed by atoms with Gasteiger partial charge in [0, 0.05) is 24.0 Å². The Bertz CT molecular complexity index is 1250. The van der Waals surface area contributed by atoms with Crippen LogP contribution in [0.15, 0.2) is 65.2 Å². The summed E-state index contributed by atoms with van der Waals surface area (Å²) in [5.41, 5.74) is 4.00. The molecule has 0 aliphatic carbocycles. The van der Waals surface area contributed by atoms with Crippen molar-refractivity contribution in [3.63, 3.8) is 0 Å². The molecular weight excluding hydrogens is 396 g/mol. The molecule has 2 aromatic heterocycles. The highest BCUT2D eigenvalue weighted by Gasteiger charge is 2.20. The monoisotopic (exact) mass is 416 g/mol. The third kappa shape index (κ3) is 3.95. The number of nitrogens with one attached hydrogen (secondary N) is 1. The Morgan fingerprint density at radius 2 is 1.77 bits per heavy atom. The number of carbonyl (C=O) groups excluding carboxylic acids is 2. The molecule has 0 spiro atoms. The normalized spacial score (nSPS) is 10.7. The van der Waals surface area contributed by atoms with Crippen molar-refractivity contribution in [3.8, 4) is 11.3 Å². The van der Waals surface area contributed by atoms with E-state index in [-0.39, 0.29) is 5.91 Å². The second-order valence-corrected chi connectivity index (χ2v) is 6.90. The number of aromatic nitrogens is 2. The van der Waals surface area contributed by atoms with Gasteiger partial charge in [-0.25, -0.2) is 9.78 Å². The van der Waals surface area contributed by atoms with Crippen molar-refractivity contribution in [2.75, 3.05) is 24.4 Å². The lowest BCUT2D eigenvalue weighted by atomic mass is 10.0. The van der Waals surface area contributed by atoms with Gasteiger partial charge >= 0.3 is 6.09 Å². The molecule has 4 aromatic rings. The second-order valence-electron chi connectivity index (χ2n) is 6.90. The van der Waals surface area contributed by atoms with Gasteiger partial charge < -0.3 is 14.6 Å². The molecule has 0 fully saturated rings.